The Morgan fingerprint density at radius 2 is 2.10 bits per heavy atom. The number of hydrogen-bond donors (Lipinski definition) is 2. The average Bonchev–Trinajstić information content (AvgIpc) is 2.40. The maximum absolute atomic E-state index is 12.0. The Hall–Kier alpha value is -2.64. The van der Waals surface area contributed by atoms with Crippen molar-refractivity contribution in [3.8, 4) is 0 Å². The van der Waals surface area contributed by atoms with Crippen molar-refractivity contribution in [3.05, 3.63) is 33.9 Å². The van der Waals surface area contributed by atoms with Gasteiger partial charge in [0.15, 0.2) is 0 Å². The van der Waals surface area contributed by atoms with E-state index in [0.29, 0.717) is 11.3 Å². The van der Waals surface area contributed by atoms with Crippen LogP contribution in [0.25, 0.3) is 0 Å². The van der Waals surface area contributed by atoms with Gasteiger partial charge in [0.1, 0.15) is 0 Å². The molecule has 2 amide bonds. The van der Waals surface area contributed by atoms with Crippen molar-refractivity contribution in [2.45, 2.75) is 13.8 Å². The normalized spacial score (nSPS) is 11.6. The third-order valence-electron chi connectivity index (χ3n) is 3.06. The number of anilines is 1. The van der Waals surface area contributed by atoms with E-state index < -0.39 is 22.8 Å². The second-order valence-electron chi connectivity index (χ2n) is 4.76. The number of rotatable bonds is 5. The molecule has 0 saturated heterocycles. The molecule has 0 fully saturated rings. The second-order valence-corrected chi connectivity index (χ2v) is 4.76. The summed E-state index contributed by atoms with van der Waals surface area (Å²) in [4.78, 5) is 34.2. The van der Waals surface area contributed by atoms with Crippen LogP contribution in [0, 0.1) is 23.0 Å². The number of carbonyl (C=O) groups excluding carboxylic acids is 1. The van der Waals surface area contributed by atoms with E-state index in [1.165, 1.54) is 37.9 Å². The molecule has 1 aromatic carbocycles. The Morgan fingerprint density at radius 1 is 1.48 bits per heavy atom. The van der Waals surface area contributed by atoms with Gasteiger partial charge in [-0.1, -0.05) is 13.0 Å². The Kier molecular flexibility index (Phi) is 5.23. The van der Waals surface area contributed by atoms with Gasteiger partial charge >= 0.3 is 12.0 Å². The lowest BCUT2D eigenvalue weighted by atomic mass is 10.1. The lowest BCUT2D eigenvalue weighted by Crippen LogP contribution is -2.36. The highest BCUT2D eigenvalue weighted by molar-refractivity contribution is 5.90. The summed E-state index contributed by atoms with van der Waals surface area (Å²) in [7, 11) is 1.46. The molecule has 0 saturated carbocycles. The van der Waals surface area contributed by atoms with E-state index in [1.807, 2.05) is 0 Å². The van der Waals surface area contributed by atoms with Gasteiger partial charge in [-0.2, -0.15) is 0 Å². The number of carboxylic acid groups (broad SMARTS) is 1. The van der Waals surface area contributed by atoms with Crippen LogP contribution in [0.5, 0.6) is 0 Å². The van der Waals surface area contributed by atoms with E-state index in [4.69, 9.17) is 5.11 Å². The SMILES string of the molecule is Cc1c(NC(=O)N(C)CC(C)C(=O)O)cccc1[N+](=O)[O-]. The van der Waals surface area contributed by atoms with Crippen LogP contribution in [-0.2, 0) is 4.79 Å². The summed E-state index contributed by atoms with van der Waals surface area (Å²) in [6.45, 7) is 3.06. The molecule has 0 aliphatic heterocycles. The summed E-state index contributed by atoms with van der Waals surface area (Å²) >= 11 is 0. The van der Waals surface area contributed by atoms with Gasteiger partial charge in [-0.25, -0.2) is 4.79 Å². The summed E-state index contributed by atoms with van der Waals surface area (Å²) in [6.07, 6.45) is 0. The van der Waals surface area contributed by atoms with Crippen molar-refractivity contribution in [2.24, 2.45) is 5.92 Å². The molecule has 0 radical (unpaired) electrons. The van der Waals surface area contributed by atoms with Gasteiger partial charge in [0.2, 0.25) is 0 Å². The molecule has 0 spiro atoms. The summed E-state index contributed by atoms with van der Waals surface area (Å²) in [5, 5.41) is 22.2. The van der Waals surface area contributed by atoms with Crippen LogP contribution >= 0.6 is 0 Å². The minimum atomic E-state index is -0.999. The summed E-state index contributed by atoms with van der Waals surface area (Å²) < 4.78 is 0. The minimum absolute atomic E-state index is 0.0368. The molecule has 0 bridgehead atoms. The number of urea groups is 1. The number of aliphatic carboxylic acids is 1. The highest BCUT2D eigenvalue weighted by Crippen LogP contribution is 2.25. The topological polar surface area (TPSA) is 113 Å². The quantitative estimate of drug-likeness (QED) is 0.638. The minimum Gasteiger partial charge on any atom is -0.481 e. The molecule has 1 unspecified atom stereocenters. The number of nitro groups is 1. The molecule has 2 N–H and O–H groups in total. The number of nitrogens with one attached hydrogen (secondary N) is 1. The first-order valence-corrected chi connectivity index (χ1v) is 6.23. The summed E-state index contributed by atoms with van der Waals surface area (Å²) in [6, 6.07) is 3.85. The van der Waals surface area contributed by atoms with Crippen molar-refractivity contribution in [3.63, 3.8) is 0 Å². The largest absolute Gasteiger partial charge is 0.481 e. The Balaban J connectivity index is 2.82. The number of nitro benzene ring substituents is 1. The standard InChI is InChI=1S/C13H17N3O5/c1-8(12(17)18)7-15(3)13(19)14-10-5-4-6-11(9(10)2)16(20)21/h4-6,8H,7H2,1-3H3,(H,14,19)(H,17,18). The van der Waals surface area contributed by atoms with E-state index in [0.717, 1.165) is 0 Å². The highest BCUT2D eigenvalue weighted by atomic mass is 16.6. The molecule has 0 heterocycles. The maximum Gasteiger partial charge on any atom is 0.321 e. The molecule has 8 nitrogen and oxygen atoms in total. The predicted molar refractivity (Wildman–Crippen MR) is 76.3 cm³/mol. The Bertz CT molecular complexity index is 573. The molecule has 1 aromatic rings. The third-order valence-corrected chi connectivity index (χ3v) is 3.06. The first-order chi connectivity index (χ1) is 9.73. The molecular weight excluding hydrogens is 278 g/mol. The molecule has 21 heavy (non-hydrogen) atoms. The smallest absolute Gasteiger partial charge is 0.321 e. The molecule has 0 aromatic heterocycles. The predicted octanol–water partition coefficient (Wildman–Crippen LogP) is 2.09. The monoisotopic (exact) mass is 295 g/mol. The fourth-order valence-corrected chi connectivity index (χ4v) is 1.74. The summed E-state index contributed by atoms with van der Waals surface area (Å²) in [5.74, 6) is -1.70. The van der Waals surface area contributed by atoms with Gasteiger partial charge in [0.05, 0.1) is 22.1 Å². The van der Waals surface area contributed by atoms with E-state index in [1.54, 1.807) is 6.07 Å². The Morgan fingerprint density at radius 3 is 2.62 bits per heavy atom. The van der Waals surface area contributed by atoms with Crippen molar-refractivity contribution in [1.29, 1.82) is 0 Å². The van der Waals surface area contributed by atoms with Crippen LogP contribution in [0.15, 0.2) is 18.2 Å². The number of nitrogens with zero attached hydrogens (tertiary/aromatic N) is 2. The van der Waals surface area contributed by atoms with Crippen molar-refractivity contribution < 1.29 is 19.6 Å². The average molecular weight is 295 g/mol. The fraction of sp³-hybridized carbons (Fsp3) is 0.385. The van der Waals surface area contributed by atoms with Gasteiger partial charge in [-0.15, -0.1) is 0 Å². The number of hydrogen-bond acceptors (Lipinski definition) is 4. The number of carbonyl (C=O) groups is 2. The first-order valence-electron chi connectivity index (χ1n) is 6.23. The van der Waals surface area contributed by atoms with Crippen LogP contribution in [0.3, 0.4) is 0 Å². The second kappa shape index (κ2) is 6.69. The molecular formula is C13H17N3O5. The van der Waals surface area contributed by atoms with Gasteiger partial charge < -0.3 is 15.3 Å². The number of carboxylic acids is 1. The van der Waals surface area contributed by atoms with Crippen LogP contribution in [-0.4, -0.2) is 40.5 Å². The number of amides is 2. The molecule has 8 heteroatoms. The molecule has 114 valence electrons. The van der Waals surface area contributed by atoms with Crippen LogP contribution in [0.1, 0.15) is 12.5 Å². The maximum atomic E-state index is 12.0. The van der Waals surface area contributed by atoms with E-state index in [9.17, 15) is 19.7 Å². The molecule has 1 atom stereocenters. The van der Waals surface area contributed by atoms with Gasteiger partial charge in [0, 0.05) is 19.7 Å². The number of benzene rings is 1. The lowest BCUT2D eigenvalue weighted by Gasteiger charge is -2.20. The fourth-order valence-electron chi connectivity index (χ4n) is 1.74. The zero-order valence-electron chi connectivity index (χ0n) is 12.0. The van der Waals surface area contributed by atoms with Gasteiger partial charge in [0.25, 0.3) is 5.69 Å². The van der Waals surface area contributed by atoms with Gasteiger partial charge in [-0.3, -0.25) is 14.9 Å². The van der Waals surface area contributed by atoms with Crippen molar-refractivity contribution >= 4 is 23.4 Å². The Labute approximate surface area is 121 Å². The van der Waals surface area contributed by atoms with E-state index in [-0.39, 0.29) is 12.2 Å². The van der Waals surface area contributed by atoms with Crippen LogP contribution in [0.2, 0.25) is 0 Å². The summed E-state index contributed by atoms with van der Waals surface area (Å²) in [5.41, 5.74) is 0.578. The first kappa shape index (κ1) is 16.4. The van der Waals surface area contributed by atoms with Crippen molar-refractivity contribution in [2.75, 3.05) is 18.9 Å². The van der Waals surface area contributed by atoms with Crippen molar-refractivity contribution in [1.82, 2.24) is 4.90 Å². The zero-order valence-corrected chi connectivity index (χ0v) is 12.0. The zero-order chi connectivity index (χ0) is 16.2. The van der Waals surface area contributed by atoms with E-state index >= 15 is 0 Å². The lowest BCUT2D eigenvalue weighted by molar-refractivity contribution is -0.385. The van der Waals surface area contributed by atoms with Crippen LogP contribution in [0.4, 0.5) is 16.2 Å². The molecule has 1 rings (SSSR count). The van der Waals surface area contributed by atoms with E-state index in [2.05, 4.69) is 5.32 Å². The molecule has 0 aliphatic carbocycles. The highest BCUT2D eigenvalue weighted by Gasteiger charge is 2.19. The molecule has 0 aliphatic rings. The third kappa shape index (κ3) is 4.16. The van der Waals surface area contributed by atoms with Gasteiger partial charge in [-0.05, 0) is 13.0 Å². The van der Waals surface area contributed by atoms with Crippen LogP contribution < -0.4 is 5.32 Å².